The molecule has 5 N–H and O–H groups in total. The van der Waals surface area contributed by atoms with Gasteiger partial charge in [0.15, 0.2) is 30.3 Å². The van der Waals surface area contributed by atoms with Crippen molar-refractivity contribution >= 4 is 44.3 Å². The minimum atomic E-state index is -4.92. The number of nitrogen functional groups attached to an aromatic ring is 1. The molecule has 0 bridgehead atoms. The predicted molar refractivity (Wildman–Crippen MR) is 151 cm³/mol. The number of aryl methyl sites for hydroxylation is 2. The Hall–Kier alpha value is -4.04. The number of amides is 1. The van der Waals surface area contributed by atoms with Gasteiger partial charge in [0, 0.05) is 17.9 Å². The summed E-state index contributed by atoms with van der Waals surface area (Å²) >= 11 is 1.08. The maximum Gasteiger partial charge on any atom is 0.418 e. The molecule has 3 aromatic heterocycles. The first-order valence-corrected chi connectivity index (χ1v) is 15.2. The lowest BCUT2D eigenvalue weighted by Gasteiger charge is -2.50. The number of thiazole rings is 1. The molecule has 1 aliphatic heterocycles. The third-order valence-electron chi connectivity index (χ3n) is 6.59. The van der Waals surface area contributed by atoms with Crippen molar-refractivity contribution in [3.05, 3.63) is 35.6 Å². The fourth-order valence-electron chi connectivity index (χ4n) is 4.30. The lowest BCUT2D eigenvalue weighted by molar-refractivity contribution is -0.753. The Bertz CT molecular complexity index is 1600. The fraction of sp³-hybridized carbons (Fsp3) is 0.458. The van der Waals surface area contributed by atoms with Gasteiger partial charge in [0.2, 0.25) is 12.1 Å². The highest BCUT2D eigenvalue weighted by Crippen LogP contribution is 2.40. The molecule has 1 amide bonds. The second-order valence-electron chi connectivity index (χ2n) is 10.0. The molecule has 1 saturated heterocycles. The largest absolute Gasteiger partial charge is 0.473 e. The summed E-state index contributed by atoms with van der Waals surface area (Å²) in [5, 5.41) is 14.4. The number of Topliss-reactive ketones (excluding diaryl/α,β-unsaturated/α-hetero) is 1. The van der Waals surface area contributed by atoms with E-state index in [0.717, 1.165) is 29.9 Å². The molecule has 3 aromatic rings. The minimum Gasteiger partial charge on any atom is -0.473 e. The van der Waals surface area contributed by atoms with Crippen molar-refractivity contribution in [3.63, 3.8) is 0 Å². The molecule has 17 nitrogen and oxygen atoms in total. The van der Waals surface area contributed by atoms with E-state index in [0.29, 0.717) is 17.3 Å². The van der Waals surface area contributed by atoms with Crippen molar-refractivity contribution < 1.29 is 41.1 Å². The lowest BCUT2D eigenvalue weighted by Crippen LogP contribution is -2.68. The summed E-state index contributed by atoms with van der Waals surface area (Å²) in [6.45, 7) is 4.31. The van der Waals surface area contributed by atoms with Gasteiger partial charge in [0.1, 0.15) is 18.0 Å². The van der Waals surface area contributed by atoms with Crippen LogP contribution < -0.4 is 20.9 Å². The van der Waals surface area contributed by atoms with E-state index in [-0.39, 0.29) is 42.1 Å². The molecular weight excluding hydrogens is 606 g/mol. The number of hydroxylamine groups is 2. The quantitative estimate of drug-likeness (QED) is 0.0493. The Balaban J connectivity index is 1.34. The van der Waals surface area contributed by atoms with Crippen LogP contribution in [0.3, 0.4) is 0 Å². The third kappa shape index (κ3) is 7.68. The number of ether oxygens (including phenoxy) is 1. The number of nitrogens with zero attached hydrogens (tertiary/aromatic N) is 7. The minimum absolute atomic E-state index is 0.0265. The number of oxime groups is 1. The smallest absolute Gasteiger partial charge is 0.418 e. The normalized spacial score (nSPS) is 16.7. The van der Waals surface area contributed by atoms with Crippen molar-refractivity contribution in [2.24, 2.45) is 23.9 Å². The van der Waals surface area contributed by atoms with Crippen LogP contribution in [0.4, 0.5) is 5.13 Å². The third-order valence-corrected chi connectivity index (χ3v) is 7.60. The second kappa shape index (κ2) is 13.1. The standard InChI is InChI=1S/C24H31N9O8S2/c1-24(2)16(22(35)33(24)41-43(36,37)38)11-19(34)21(18-14-42-23(26)27-18)30-40-10-9-39-20-6-5-17(28-29-20)15-12-31(3)32(13-15)8-4-7-25/h5-6,12-14,16H,4,7-11,25H2,1-3H3,(H2-,26,27,36,37,38)/p+1/b30-21-/t16-/m1/s1. The number of hydrogen-bond acceptors (Lipinski definition) is 14. The van der Waals surface area contributed by atoms with Crippen LogP contribution in [0.15, 0.2) is 35.1 Å². The number of carbonyl (C=O) groups is 2. The zero-order valence-corrected chi connectivity index (χ0v) is 25.2. The predicted octanol–water partition coefficient (Wildman–Crippen LogP) is -0.113. The number of ketones is 1. The maximum absolute atomic E-state index is 13.2. The van der Waals surface area contributed by atoms with Gasteiger partial charge in [-0.3, -0.25) is 14.1 Å². The van der Waals surface area contributed by atoms with Crippen LogP contribution in [0.5, 0.6) is 5.88 Å². The topological polar surface area (TPSA) is 231 Å². The Morgan fingerprint density at radius 2 is 2.05 bits per heavy atom. The highest BCUT2D eigenvalue weighted by atomic mass is 32.3. The van der Waals surface area contributed by atoms with Crippen molar-refractivity contribution in [2.75, 3.05) is 25.5 Å². The Morgan fingerprint density at radius 1 is 1.28 bits per heavy atom. The summed E-state index contributed by atoms with van der Waals surface area (Å²) < 4.78 is 44.9. The van der Waals surface area contributed by atoms with Gasteiger partial charge >= 0.3 is 10.4 Å². The van der Waals surface area contributed by atoms with Gasteiger partial charge in [0.25, 0.3) is 5.91 Å². The average Bonchev–Trinajstić information content (AvgIpc) is 3.55. The van der Waals surface area contributed by atoms with E-state index in [1.54, 1.807) is 12.1 Å². The van der Waals surface area contributed by atoms with Gasteiger partial charge < -0.3 is 21.0 Å². The SMILES string of the molecule is C[n+]1cc(-c2ccc(OCCO/N=C(\C(=O)C[C@@H]3C(=O)N(OS(=O)(=O)O)C3(C)C)c3csc(N)n3)nn2)cn1CCCN. The van der Waals surface area contributed by atoms with Crippen LogP contribution in [0.25, 0.3) is 11.3 Å². The number of carbonyl (C=O) groups excluding carboxylic acids is 2. The first kappa shape index (κ1) is 31.9. The van der Waals surface area contributed by atoms with Gasteiger partial charge in [-0.1, -0.05) is 5.16 Å². The first-order chi connectivity index (χ1) is 20.3. The molecule has 0 unspecified atom stereocenters. The Kier molecular flexibility index (Phi) is 9.70. The number of anilines is 1. The van der Waals surface area contributed by atoms with Crippen molar-refractivity contribution in [3.8, 4) is 17.1 Å². The fourth-order valence-corrected chi connectivity index (χ4v) is 5.30. The molecule has 4 heterocycles. The first-order valence-electron chi connectivity index (χ1n) is 13.0. The van der Waals surface area contributed by atoms with E-state index in [2.05, 4.69) is 24.6 Å². The van der Waals surface area contributed by atoms with E-state index < -0.39 is 33.5 Å². The summed E-state index contributed by atoms with van der Waals surface area (Å²) in [6, 6.07) is 3.45. The summed E-state index contributed by atoms with van der Waals surface area (Å²) in [5.74, 6) is -2.10. The monoisotopic (exact) mass is 638 g/mol. The van der Waals surface area contributed by atoms with Gasteiger partial charge in [-0.25, -0.2) is 4.98 Å². The van der Waals surface area contributed by atoms with E-state index in [4.69, 9.17) is 25.6 Å². The second-order valence-corrected chi connectivity index (χ2v) is 11.9. The molecule has 1 aliphatic rings. The van der Waals surface area contributed by atoms with Crippen LogP contribution in [0, 0.1) is 5.92 Å². The van der Waals surface area contributed by atoms with Gasteiger partial charge in [0.05, 0.1) is 29.8 Å². The molecule has 0 aliphatic carbocycles. The molecule has 43 heavy (non-hydrogen) atoms. The zero-order chi connectivity index (χ0) is 31.4. The van der Waals surface area contributed by atoms with E-state index in [1.165, 1.54) is 19.2 Å². The number of aromatic nitrogens is 5. The van der Waals surface area contributed by atoms with Crippen LogP contribution in [-0.2, 0) is 42.7 Å². The highest BCUT2D eigenvalue weighted by Gasteiger charge is 2.57. The molecule has 19 heteroatoms. The Labute approximate surface area is 250 Å². The van der Waals surface area contributed by atoms with Crippen molar-refractivity contribution in [2.45, 2.75) is 38.8 Å². The molecule has 232 valence electrons. The van der Waals surface area contributed by atoms with E-state index in [1.807, 2.05) is 28.8 Å². The summed E-state index contributed by atoms with van der Waals surface area (Å²) in [5.41, 5.74) is 11.6. The number of nitrogens with two attached hydrogens (primary N) is 2. The molecular formula is C24H32N9O8S2+. The lowest BCUT2D eigenvalue weighted by atomic mass is 9.74. The molecule has 0 radical (unpaired) electrons. The molecule has 0 aromatic carbocycles. The molecule has 0 spiro atoms. The van der Waals surface area contributed by atoms with Crippen molar-refractivity contribution in [1.82, 2.24) is 24.9 Å². The van der Waals surface area contributed by atoms with Crippen LogP contribution in [-0.4, -0.2) is 80.6 Å². The van der Waals surface area contributed by atoms with E-state index >= 15 is 0 Å². The molecule has 1 atom stereocenters. The molecule has 4 rings (SSSR count). The molecule has 1 fully saturated rings. The van der Waals surface area contributed by atoms with Crippen LogP contribution in [0.1, 0.15) is 32.4 Å². The van der Waals surface area contributed by atoms with Gasteiger partial charge in [-0.15, -0.1) is 30.5 Å². The van der Waals surface area contributed by atoms with Crippen molar-refractivity contribution in [1.29, 1.82) is 0 Å². The summed E-state index contributed by atoms with van der Waals surface area (Å²) in [4.78, 5) is 35.0. The van der Waals surface area contributed by atoms with Crippen LogP contribution in [0.2, 0.25) is 0 Å². The Morgan fingerprint density at radius 3 is 2.65 bits per heavy atom. The zero-order valence-electron chi connectivity index (χ0n) is 23.6. The number of hydrogen-bond donors (Lipinski definition) is 3. The summed E-state index contributed by atoms with van der Waals surface area (Å²) in [6.07, 6.45) is 4.40. The number of β-lactam (4-membered cyclic amide) rings is 1. The summed E-state index contributed by atoms with van der Waals surface area (Å²) in [7, 11) is -2.99. The van der Waals surface area contributed by atoms with E-state index in [9.17, 15) is 18.0 Å². The maximum atomic E-state index is 13.2. The molecule has 0 saturated carbocycles. The highest BCUT2D eigenvalue weighted by molar-refractivity contribution is 7.80. The number of rotatable bonds is 15. The van der Waals surface area contributed by atoms with Gasteiger partial charge in [-0.2, -0.15) is 18.2 Å². The van der Waals surface area contributed by atoms with Crippen LogP contribution >= 0.6 is 11.3 Å². The average molecular weight is 639 g/mol. The van der Waals surface area contributed by atoms with Gasteiger partial charge in [-0.05, 0) is 32.9 Å².